The first-order valence-electron chi connectivity index (χ1n) is 11.3. The molecule has 2 unspecified atom stereocenters. The Labute approximate surface area is 189 Å². The molecule has 2 aliphatic heterocycles. The number of halogens is 2. The molecule has 8 heteroatoms. The van der Waals surface area contributed by atoms with Gasteiger partial charge in [-0.3, -0.25) is 14.6 Å². The largest absolute Gasteiger partial charge is 0.357 e. The minimum absolute atomic E-state index is 0.151. The minimum Gasteiger partial charge on any atom is -0.357 e. The van der Waals surface area contributed by atoms with Crippen molar-refractivity contribution in [2.45, 2.75) is 38.1 Å². The Kier molecular flexibility index (Phi) is 7.13. The quantitative estimate of drug-likeness (QED) is 0.541. The molecule has 0 radical (unpaired) electrons. The molecule has 0 aliphatic carbocycles. The maximum atomic E-state index is 14.8. The Bertz CT molecular complexity index is 887. The molecular weight excluding hydrogens is 415 g/mol. The molecule has 1 N–H and O–H groups in total. The van der Waals surface area contributed by atoms with Crippen molar-refractivity contribution in [1.29, 1.82) is 0 Å². The van der Waals surface area contributed by atoms with Crippen molar-refractivity contribution in [3.63, 3.8) is 0 Å². The topological polar surface area (TPSA) is 48.7 Å². The van der Waals surface area contributed by atoms with Crippen LogP contribution < -0.4 is 5.32 Å². The van der Waals surface area contributed by atoms with Crippen LogP contribution in [0.3, 0.4) is 0 Å². The molecule has 2 saturated heterocycles. The first kappa shape index (κ1) is 22.1. The lowest BCUT2D eigenvalue weighted by Crippen LogP contribution is -2.40. The number of rotatable bonds is 6. The zero-order chi connectivity index (χ0) is 21.8. The summed E-state index contributed by atoms with van der Waals surface area (Å²) in [6.45, 7) is 7.11. The van der Waals surface area contributed by atoms with Gasteiger partial charge in [0.1, 0.15) is 5.82 Å². The van der Waals surface area contributed by atoms with E-state index in [1.165, 1.54) is 11.6 Å². The maximum Gasteiger partial charge on any atom is 0.194 e. The fourth-order valence-electron chi connectivity index (χ4n) is 4.75. The molecule has 3 heterocycles. The van der Waals surface area contributed by atoms with Gasteiger partial charge in [0.25, 0.3) is 0 Å². The Hall–Kier alpha value is -2.12. The average Bonchev–Trinajstić information content (AvgIpc) is 3.50. The smallest absolute Gasteiger partial charge is 0.194 e. The summed E-state index contributed by atoms with van der Waals surface area (Å²) in [4.78, 5) is 9.61. The molecule has 4 rings (SSSR count). The predicted octanol–water partition coefficient (Wildman–Crippen LogP) is 3.80. The number of benzene rings is 1. The van der Waals surface area contributed by atoms with Crippen LogP contribution in [-0.4, -0.2) is 64.8 Å². The van der Waals surface area contributed by atoms with Crippen molar-refractivity contribution in [1.82, 2.24) is 24.9 Å². The number of hydrogen-bond acceptors (Lipinski definition) is 3. The van der Waals surface area contributed by atoms with Gasteiger partial charge >= 0.3 is 0 Å². The van der Waals surface area contributed by atoms with Gasteiger partial charge in [0, 0.05) is 49.4 Å². The van der Waals surface area contributed by atoms with Gasteiger partial charge in [0.05, 0.1) is 18.8 Å². The van der Waals surface area contributed by atoms with Crippen molar-refractivity contribution < 1.29 is 4.39 Å². The van der Waals surface area contributed by atoms with Crippen LogP contribution in [-0.2, 0) is 7.05 Å². The van der Waals surface area contributed by atoms with E-state index in [4.69, 9.17) is 16.6 Å². The van der Waals surface area contributed by atoms with Crippen molar-refractivity contribution in [2.24, 2.45) is 12.0 Å². The fourth-order valence-corrected chi connectivity index (χ4v) is 5.04. The van der Waals surface area contributed by atoms with Gasteiger partial charge in [-0.25, -0.2) is 4.39 Å². The maximum absolute atomic E-state index is 14.8. The summed E-state index contributed by atoms with van der Waals surface area (Å²) < 4.78 is 16.6. The van der Waals surface area contributed by atoms with Crippen molar-refractivity contribution >= 4 is 17.6 Å². The first-order chi connectivity index (χ1) is 15.1. The highest BCUT2D eigenvalue weighted by atomic mass is 35.5. The first-order valence-corrected chi connectivity index (χ1v) is 11.6. The Morgan fingerprint density at radius 3 is 2.81 bits per heavy atom. The molecule has 1 aromatic heterocycles. The van der Waals surface area contributed by atoms with Gasteiger partial charge in [-0.2, -0.15) is 5.10 Å². The van der Waals surface area contributed by atoms with E-state index < -0.39 is 0 Å². The van der Waals surface area contributed by atoms with Crippen molar-refractivity contribution in [3.05, 3.63) is 52.6 Å². The van der Waals surface area contributed by atoms with E-state index in [1.54, 1.807) is 12.1 Å². The number of aryl methyl sites for hydroxylation is 1. The Balaban J connectivity index is 1.54. The number of aliphatic imine (C=N–C) groups is 1. The van der Waals surface area contributed by atoms with E-state index in [0.717, 1.165) is 57.9 Å². The van der Waals surface area contributed by atoms with Crippen LogP contribution in [0.15, 0.2) is 35.6 Å². The molecule has 168 valence electrons. The lowest BCUT2D eigenvalue weighted by atomic mass is 10.0. The van der Waals surface area contributed by atoms with Crippen LogP contribution in [0.5, 0.6) is 0 Å². The average molecular weight is 447 g/mol. The molecule has 0 spiro atoms. The molecule has 0 bridgehead atoms. The summed E-state index contributed by atoms with van der Waals surface area (Å²) in [6.07, 6.45) is 7.39. The summed E-state index contributed by atoms with van der Waals surface area (Å²) in [6, 6.07) is 4.79. The Morgan fingerprint density at radius 1 is 1.32 bits per heavy atom. The van der Waals surface area contributed by atoms with Crippen molar-refractivity contribution in [2.75, 3.05) is 39.3 Å². The van der Waals surface area contributed by atoms with E-state index >= 15 is 0 Å². The highest BCUT2D eigenvalue weighted by Gasteiger charge is 2.30. The van der Waals surface area contributed by atoms with Crippen LogP contribution in [0.2, 0.25) is 5.02 Å². The molecule has 31 heavy (non-hydrogen) atoms. The van der Waals surface area contributed by atoms with Gasteiger partial charge in [0.2, 0.25) is 0 Å². The van der Waals surface area contributed by atoms with Gasteiger partial charge in [-0.05, 0) is 57.0 Å². The lowest BCUT2D eigenvalue weighted by molar-refractivity contribution is 0.246. The van der Waals surface area contributed by atoms with E-state index in [0.29, 0.717) is 23.0 Å². The number of likely N-dealkylation sites (tertiary alicyclic amines) is 2. The van der Waals surface area contributed by atoms with E-state index in [9.17, 15) is 4.39 Å². The highest BCUT2D eigenvalue weighted by Crippen LogP contribution is 2.33. The standard InChI is InChI=1S/C23H32ClFN6/c1-3-26-23(31-12-9-17(16-31)18-13-28-29(2)15-18)27-14-21(30-10-4-5-11-30)22-19(24)7-6-8-20(22)25/h6-8,13,15,17,21H,3-5,9-12,14,16H2,1-2H3,(H,26,27). The van der Waals surface area contributed by atoms with E-state index in [2.05, 4.69) is 33.3 Å². The van der Waals surface area contributed by atoms with Gasteiger partial charge < -0.3 is 10.2 Å². The number of guanidine groups is 1. The summed E-state index contributed by atoms with van der Waals surface area (Å²) >= 11 is 6.45. The summed E-state index contributed by atoms with van der Waals surface area (Å²) in [5.41, 5.74) is 1.84. The van der Waals surface area contributed by atoms with Crippen molar-refractivity contribution in [3.8, 4) is 0 Å². The molecular formula is C23H32ClFN6. The molecule has 2 aliphatic rings. The monoisotopic (exact) mass is 446 g/mol. The molecule has 2 fully saturated rings. The second-order valence-electron chi connectivity index (χ2n) is 8.47. The third-order valence-corrected chi connectivity index (χ3v) is 6.68. The SMILES string of the molecule is CCNC(=NCC(c1c(F)cccc1Cl)N1CCCC1)N1CCC(c2cnn(C)c2)C1. The van der Waals surface area contributed by atoms with Crippen LogP contribution >= 0.6 is 11.6 Å². The normalized spacial score (nSPS) is 21.1. The zero-order valence-electron chi connectivity index (χ0n) is 18.4. The second-order valence-corrected chi connectivity index (χ2v) is 8.87. The summed E-state index contributed by atoms with van der Waals surface area (Å²) in [7, 11) is 1.95. The van der Waals surface area contributed by atoms with Gasteiger partial charge in [-0.15, -0.1) is 0 Å². The summed E-state index contributed by atoms with van der Waals surface area (Å²) in [5, 5.41) is 8.24. The highest BCUT2D eigenvalue weighted by molar-refractivity contribution is 6.31. The molecule has 2 atom stereocenters. The second kappa shape index (κ2) is 10.0. The van der Waals surface area contributed by atoms with Gasteiger partial charge in [-0.1, -0.05) is 17.7 Å². The lowest BCUT2D eigenvalue weighted by Gasteiger charge is -2.29. The third-order valence-electron chi connectivity index (χ3n) is 6.35. The molecule has 0 saturated carbocycles. The number of aromatic nitrogens is 2. The summed E-state index contributed by atoms with van der Waals surface area (Å²) in [5.74, 6) is 1.10. The minimum atomic E-state index is -0.248. The third kappa shape index (κ3) is 5.04. The van der Waals surface area contributed by atoms with Gasteiger partial charge in [0.15, 0.2) is 5.96 Å². The molecule has 2 aromatic rings. The zero-order valence-corrected chi connectivity index (χ0v) is 19.2. The predicted molar refractivity (Wildman–Crippen MR) is 123 cm³/mol. The van der Waals surface area contributed by atoms with Crippen LogP contribution in [0, 0.1) is 5.82 Å². The van der Waals surface area contributed by atoms with E-state index in [1.807, 2.05) is 17.9 Å². The van der Waals surface area contributed by atoms with Crippen LogP contribution in [0.4, 0.5) is 4.39 Å². The number of nitrogens with one attached hydrogen (secondary N) is 1. The molecule has 0 amide bonds. The van der Waals surface area contributed by atoms with E-state index in [-0.39, 0.29) is 11.9 Å². The Morgan fingerprint density at radius 2 is 2.13 bits per heavy atom. The fraction of sp³-hybridized carbons (Fsp3) is 0.565. The molecule has 1 aromatic carbocycles. The number of hydrogen-bond donors (Lipinski definition) is 1. The molecule has 6 nitrogen and oxygen atoms in total. The number of nitrogens with zero attached hydrogens (tertiary/aromatic N) is 5. The van der Waals surface area contributed by atoms with Crippen LogP contribution in [0.25, 0.3) is 0 Å². The van der Waals surface area contributed by atoms with Crippen LogP contribution in [0.1, 0.15) is 49.3 Å².